The highest BCUT2D eigenvalue weighted by Gasteiger charge is 2.30. The van der Waals surface area contributed by atoms with Crippen molar-refractivity contribution < 1.29 is 32.0 Å². The number of carbonyl (C=O) groups excluding carboxylic acids is 3. The van der Waals surface area contributed by atoms with Crippen molar-refractivity contribution >= 4 is 34.8 Å². The average molecular weight is 486 g/mol. The zero-order valence-electron chi connectivity index (χ0n) is 17.7. The third-order valence-corrected chi connectivity index (χ3v) is 5.92. The highest BCUT2D eigenvalue weighted by atomic mass is 32.2. The summed E-state index contributed by atoms with van der Waals surface area (Å²) in [4.78, 5) is 40.1. The third-order valence-electron chi connectivity index (χ3n) is 5.11. The Morgan fingerprint density at radius 2 is 1.76 bits per heavy atom. The summed E-state index contributed by atoms with van der Waals surface area (Å²) in [5.74, 6) is 0.111. The predicted molar refractivity (Wildman–Crippen MR) is 120 cm³/mol. The Kier molecular flexibility index (Phi) is 6.43. The van der Waals surface area contributed by atoms with Crippen LogP contribution in [0.1, 0.15) is 39.4 Å². The standard InChI is InChI=1S/C24H17F3N2O4S/c1-13-18(28-22(33-13)16-6-8-17(9-7-16)24(25,26)27)10-11-19(30)15-4-2-14(3-5-15)12-20-21(31)29-23(32)34-20/h2-9,12H,10-11H2,1H3,(H,29,31,32). The Morgan fingerprint density at radius 3 is 2.35 bits per heavy atom. The van der Waals surface area contributed by atoms with Crippen molar-refractivity contribution in [2.24, 2.45) is 0 Å². The van der Waals surface area contributed by atoms with Crippen molar-refractivity contribution in [3.8, 4) is 11.5 Å². The average Bonchev–Trinajstić information content (AvgIpc) is 3.32. The maximum Gasteiger partial charge on any atom is 0.416 e. The van der Waals surface area contributed by atoms with Crippen molar-refractivity contribution in [3.05, 3.63) is 81.6 Å². The molecule has 0 aliphatic carbocycles. The molecular formula is C24H17F3N2O4S. The van der Waals surface area contributed by atoms with Gasteiger partial charge in [-0.1, -0.05) is 24.3 Å². The molecule has 0 unspecified atom stereocenters. The zero-order chi connectivity index (χ0) is 24.5. The second-order valence-corrected chi connectivity index (χ2v) is 8.51. The lowest BCUT2D eigenvalue weighted by Gasteiger charge is -2.06. The van der Waals surface area contributed by atoms with E-state index in [0.29, 0.717) is 34.6 Å². The first-order valence-corrected chi connectivity index (χ1v) is 10.9. The Balaban J connectivity index is 1.39. The molecule has 0 spiro atoms. The van der Waals surface area contributed by atoms with Gasteiger partial charge in [0.1, 0.15) is 5.76 Å². The van der Waals surface area contributed by atoms with E-state index in [1.165, 1.54) is 12.1 Å². The second kappa shape index (κ2) is 9.30. The summed E-state index contributed by atoms with van der Waals surface area (Å²) in [5.41, 5.74) is 1.36. The molecule has 1 aliphatic rings. The summed E-state index contributed by atoms with van der Waals surface area (Å²) >= 11 is 0.817. The molecule has 1 N–H and O–H groups in total. The molecule has 6 nitrogen and oxygen atoms in total. The minimum atomic E-state index is -4.42. The fraction of sp³-hybridized carbons (Fsp3) is 0.167. The molecule has 2 aromatic carbocycles. The van der Waals surface area contributed by atoms with Gasteiger partial charge in [0.2, 0.25) is 5.89 Å². The van der Waals surface area contributed by atoms with Crippen molar-refractivity contribution in [1.29, 1.82) is 0 Å². The lowest BCUT2D eigenvalue weighted by Crippen LogP contribution is -2.17. The van der Waals surface area contributed by atoms with Crippen LogP contribution < -0.4 is 5.32 Å². The van der Waals surface area contributed by atoms with Gasteiger partial charge in [0.05, 0.1) is 16.2 Å². The largest absolute Gasteiger partial charge is 0.441 e. The summed E-state index contributed by atoms with van der Waals surface area (Å²) in [6.45, 7) is 1.69. The molecule has 1 aliphatic heterocycles. The molecule has 0 atom stereocenters. The Bertz CT molecular complexity index is 1290. The molecular weight excluding hydrogens is 469 g/mol. The van der Waals surface area contributed by atoms with Gasteiger partial charge in [0, 0.05) is 24.0 Å². The van der Waals surface area contributed by atoms with E-state index in [2.05, 4.69) is 10.3 Å². The van der Waals surface area contributed by atoms with E-state index in [0.717, 1.165) is 23.9 Å². The lowest BCUT2D eigenvalue weighted by molar-refractivity contribution is -0.137. The van der Waals surface area contributed by atoms with Crippen molar-refractivity contribution in [3.63, 3.8) is 0 Å². The van der Waals surface area contributed by atoms with Gasteiger partial charge >= 0.3 is 6.18 Å². The van der Waals surface area contributed by atoms with Crippen LogP contribution in [0.25, 0.3) is 17.5 Å². The fourth-order valence-corrected chi connectivity index (χ4v) is 3.98. The lowest BCUT2D eigenvalue weighted by atomic mass is 10.0. The Hall–Kier alpha value is -3.66. The van der Waals surface area contributed by atoms with E-state index in [1.54, 1.807) is 37.3 Å². The number of amides is 2. The zero-order valence-corrected chi connectivity index (χ0v) is 18.5. The maximum absolute atomic E-state index is 12.7. The topological polar surface area (TPSA) is 89.3 Å². The minimum absolute atomic E-state index is 0.124. The van der Waals surface area contributed by atoms with Crippen molar-refractivity contribution in [2.45, 2.75) is 25.9 Å². The molecule has 34 heavy (non-hydrogen) atoms. The van der Waals surface area contributed by atoms with Crippen LogP contribution in [0.3, 0.4) is 0 Å². The van der Waals surface area contributed by atoms with E-state index in [4.69, 9.17) is 4.42 Å². The highest BCUT2D eigenvalue weighted by Crippen LogP contribution is 2.31. The van der Waals surface area contributed by atoms with Gasteiger partial charge < -0.3 is 4.42 Å². The van der Waals surface area contributed by atoms with Crippen LogP contribution in [0.5, 0.6) is 0 Å². The van der Waals surface area contributed by atoms with Crippen LogP contribution in [0.4, 0.5) is 18.0 Å². The number of thioether (sulfide) groups is 1. The quantitative estimate of drug-likeness (QED) is 0.350. The van der Waals surface area contributed by atoms with Crippen molar-refractivity contribution in [2.75, 3.05) is 0 Å². The molecule has 1 aromatic heterocycles. The normalized spacial score (nSPS) is 15.1. The molecule has 2 heterocycles. The molecule has 174 valence electrons. The monoisotopic (exact) mass is 486 g/mol. The highest BCUT2D eigenvalue weighted by molar-refractivity contribution is 8.18. The summed E-state index contributed by atoms with van der Waals surface area (Å²) in [5, 5.41) is 1.75. The number of aryl methyl sites for hydroxylation is 2. The number of hydrogen-bond acceptors (Lipinski definition) is 6. The maximum atomic E-state index is 12.7. The number of benzene rings is 2. The van der Waals surface area contributed by atoms with Gasteiger partial charge in [0.15, 0.2) is 5.78 Å². The number of nitrogens with zero attached hydrogens (tertiary/aromatic N) is 1. The minimum Gasteiger partial charge on any atom is -0.441 e. The molecule has 10 heteroatoms. The van der Waals surface area contributed by atoms with Gasteiger partial charge in [0.25, 0.3) is 11.1 Å². The molecule has 0 radical (unpaired) electrons. The first-order chi connectivity index (χ1) is 16.1. The van der Waals surface area contributed by atoms with E-state index in [9.17, 15) is 27.6 Å². The number of oxazole rings is 1. The Labute approximate surface area is 196 Å². The van der Waals surface area contributed by atoms with Gasteiger partial charge in [-0.15, -0.1) is 0 Å². The molecule has 1 saturated heterocycles. The SMILES string of the molecule is Cc1oc(-c2ccc(C(F)(F)F)cc2)nc1CCC(=O)c1ccc(C=C2SC(=O)NC2=O)cc1. The summed E-state index contributed by atoms with van der Waals surface area (Å²) < 4.78 is 43.8. The number of aromatic nitrogens is 1. The first-order valence-electron chi connectivity index (χ1n) is 10.1. The molecule has 0 bridgehead atoms. The van der Waals surface area contributed by atoms with E-state index < -0.39 is 22.9 Å². The number of nitrogens with one attached hydrogen (secondary N) is 1. The van der Waals surface area contributed by atoms with Gasteiger partial charge in [-0.2, -0.15) is 13.2 Å². The number of alkyl halides is 3. The van der Waals surface area contributed by atoms with Gasteiger partial charge in [-0.05, 0) is 54.6 Å². The molecule has 4 rings (SSSR count). The van der Waals surface area contributed by atoms with E-state index >= 15 is 0 Å². The first kappa shape index (κ1) is 23.5. The number of rotatable bonds is 6. The number of imide groups is 1. The third kappa shape index (κ3) is 5.28. The van der Waals surface area contributed by atoms with E-state index in [1.807, 2.05) is 0 Å². The van der Waals surface area contributed by atoms with Crippen LogP contribution in [0.2, 0.25) is 0 Å². The van der Waals surface area contributed by atoms with Crippen LogP contribution in [-0.2, 0) is 17.4 Å². The second-order valence-electron chi connectivity index (χ2n) is 7.49. The molecule has 3 aromatic rings. The predicted octanol–water partition coefficient (Wildman–Crippen LogP) is 5.81. The Morgan fingerprint density at radius 1 is 1.09 bits per heavy atom. The van der Waals surface area contributed by atoms with Gasteiger partial charge in [-0.3, -0.25) is 19.7 Å². The number of carbonyl (C=O) groups is 3. The molecule has 2 amide bonds. The summed E-state index contributed by atoms with van der Waals surface area (Å²) in [6.07, 6.45) is -2.39. The van der Waals surface area contributed by atoms with Crippen LogP contribution in [-0.4, -0.2) is 21.9 Å². The van der Waals surface area contributed by atoms with Crippen LogP contribution in [0.15, 0.2) is 57.9 Å². The number of ketones is 1. The van der Waals surface area contributed by atoms with Gasteiger partial charge in [-0.25, -0.2) is 4.98 Å². The smallest absolute Gasteiger partial charge is 0.416 e. The molecule has 0 saturated carbocycles. The number of halogens is 3. The fourth-order valence-electron chi connectivity index (χ4n) is 3.30. The summed E-state index contributed by atoms with van der Waals surface area (Å²) in [6, 6.07) is 11.2. The van der Waals surface area contributed by atoms with Crippen molar-refractivity contribution in [1.82, 2.24) is 10.3 Å². The van der Waals surface area contributed by atoms with E-state index in [-0.39, 0.29) is 23.0 Å². The summed E-state index contributed by atoms with van der Waals surface area (Å²) in [7, 11) is 0. The van der Waals surface area contributed by atoms with Crippen LogP contribution in [0, 0.1) is 6.92 Å². The molecule has 1 fully saturated rings. The number of Topliss-reactive ketones (excluding diaryl/α,β-unsaturated/α-hetero) is 1. The van der Waals surface area contributed by atoms with Crippen LogP contribution >= 0.6 is 11.8 Å². The number of hydrogen-bond donors (Lipinski definition) is 1.